The molecule has 7 nitrogen and oxygen atoms in total. The molecule has 0 aliphatic carbocycles. The summed E-state index contributed by atoms with van der Waals surface area (Å²) in [6, 6.07) is 4.06. The van der Waals surface area contributed by atoms with Crippen molar-refractivity contribution in [2.75, 3.05) is 0 Å². The second-order valence-corrected chi connectivity index (χ2v) is 6.34. The summed E-state index contributed by atoms with van der Waals surface area (Å²) < 4.78 is 42.5. The van der Waals surface area contributed by atoms with Gasteiger partial charge in [0.15, 0.2) is 5.82 Å². The van der Waals surface area contributed by atoms with Crippen molar-refractivity contribution in [1.82, 2.24) is 9.36 Å². The molecular formula is C18H16F3N3O4. The molecule has 0 bridgehead atoms. The Morgan fingerprint density at radius 3 is 2.46 bits per heavy atom. The number of aliphatic imine (C=N–C) groups is 1. The molecule has 1 aromatic heterocycles. The first kappa shape index (κ1) is 19.6. The first-order valence-electron chi connectivity index (χ1n) is 8.39. The zero-order valence-electron chi connectivity index (χ0n) is 14.9. The van der Waals surface area contributed by atoms with E-state index in [4.69, 9.17) is 0 Å². The van der Waals surface area contributed by atoms with E-state index in [1.54, 1.807) is 0 Å². The van der Waals surface area contributed by atoms with Gasteiger partial charge in [0, 0.05) is 18.2 Å². The molecule has 148 valence electrons. The maximum Gasteiger partial charge on any atom is 0.416 e. The fourth-order valence-corrected chi connectivity index (χ4v) is 3.45. The van der Waals surface area contributed by atoms with Crippen LogP contribution in [0.25, 0.3) is 0 Å². The predicted molar refractivity (Wildman–Crippen MR) is 93.1 cm³/mol. The van der Waals surface area contributed by atoms with E-state index < -0.39 is 41.1 Å². The molecule has 0 saturated heterocycles. The van der Waals surface area contributed by atoms with E-state index in [-0.39, 0.29) is 23.5 Å². The van der Waals surface area contributed by atoms with Gasteiger partial charge < -0.3 is 5.11 Å². The number of carbonyl (C=O) groups excluding carboxylic acids is 1. The molecule has 1 aliphatic rings. The van der Waals surface area contributed by atoms with Crippen LogP contribution in [-0.4, -0.2) is 32.1 Å². The average Bonchev–Trinajstić information content (AvgIpc) is 2.94. The number of nitrogens with zero attached hydrogens (tertiary/aromatic N) is 3. The Balaban J connectivity index is 2.40. The smallest absolute Gasteiger partial charge is 0.416 e. The highest BCUT2D eigenvalue weighted by atomic mass is 19.4. The second kappa shape index (κ2) is 6.77. The molecule has 1 N–H and O–H groups in total. The fourth-order valence-electron chi connectivity index (χ4n) is 3.45. The van der Waals surface area contributed by atoms with E-state index in [0.717, 1.165) is 22.9 Å². The molecule has 0 amide bonds. The van der Waals surface area contributed by atoms with Crippen LogP contribution < -0.4 is 5.56 Å². The predicted octanol–water partition coefficient (Wildman–Crippen LogP) is 3.12. The number of aromatic nitrogens is 2. The Morgan fingerprint density at radius 1 is 1.25 bits per heavy atom. The van der Waals surface area contributed by atoms with Crippen LogP contribution in [0, 0.1) is 5.92 Å². The highest BCUT2D eigenvalue weighted by Gasteiger charge is 2.44. The number of hydrogen-bond donors (Lipinski definition) is 1. The van der Waals surface area contributed by atoms with Crippen molar-refractivity contribution in [2.24, 2.45) is 10.9 Å². The minimum Gasteiger partial charge on any atom is -0.481 e. The molecule has 0 saturated carbocycles. The molecule has 0 spiro atoms. The summed E-state index contributed by atoms with van der Waals surface area (Å²) in [6.07, 6.45) is -4.85. The maximum atomic E-state index is 13.6. The van der Waals surface area contributed by atoms with Crippen molar-refractivity contribution >= 4 is 23.4 Å². The van der Waals surface area contributed by atoms with Gasteiger partial charge in [-0.3, -0.25) is 14.4 Å². The standard InChI is InChI=1S/C18H16F3N3O4/c1-3-13(25)24-14(26)8-12-22-9(2)15(17(27)28)16(23(12)24)10-6-4-5-7-11(10)18(19,20)21/h4-8,15-16H,3H2,1-2H3,(H,27,28). The minimum atomic E-state index is -4.75. The zero-order chi connectivity index (χ0) is 20.8. The molecule has 2 aromatic rings. The van der Waals surface area contributed by atoms with E-state index >= 15 is 0 Å². The first-order chi connectivity index (χ1) is 13.1. The van der Waals surface area contributed by atoms with Crippen LogP contribution in [0.3, 0.4) is 0 Å². The van der Waals surface area contributed by atoms with Gasteiger partial charge in [-0.25, -0.2) is 9.67 Å². The molecule has 1 aliphatic heterocycles. The summed E-state index contributed by atoms with van der Waals surface area (Å²) in [5.74, 6) is -3.64. The first-order valence-corrected chi connectivity index (χ1v) is 8.39. The summed E-state index contributed by atoms with van der Waals surface area (Å²) in [5.41, 5.74) is -2.13. The van der Waals surface area contributed by atoms with E-state index in [1.165, 1.54) is 26.0 Å². The third-order valence-corrected chi connectivity index (χ3v) is 4.62. The highest BCUT2D eigenvalue weighted by Crippen LogP contribution is 2.42. The van der Waals surface area contributed by atoms with Gasteiger partial charge in [0.05, 0.1) is 11.6 Å². The maximum absolute atomic E-state index is 13.6. The van der Waals surface area contributed by atoms with Crippen LogP contribution in [0.4, 0.5) is 19.0 Å². The van der Waals surface area contributed by atoms with Crippen LogP contribution in [0.1, 0.15) is 42.2 Å². The van der Waals surface area contributed by atoms with Crippen LogP contribution in [0.15, 0.2) is 40.1 Å². The molecule has 2 heterocycles. The third-order valence-electron chi connectivity index (χ3n) is 4.62. The van der Waals surface area contributed by atoms with Crippen LogP contribution in [0.2, 0.25) is 0 Å². The van der Waals surface area contributed by atoms with Gasteiger partial charge in [0.1, 0.15) is 5.92 Å². The number of alkyl halides is 3. The Kier molecular flexibility index (Phi) is 4.74. The minimum absolute atomic E-state index is 0.0376. The number of rotatable bonds is 3. The van der Waals surface area contributed by atoms with Crippen LogP contribution in [-0.2, 0) is 11.0 Å². The Bertz CT molecular complexity index is 1050. The van der Waals surface area contributed by atoms with Crippen molar-refractivity contribution in [1.29, 1.82) is 0 Å². The van der Waals surface area contributed by atoms with Crippen LogP contribution >= 0.6 is 0 Å². The molecule has 28 heavy (non-hydrogen) atoms. The molecule has 0 fully saturated rings. The normalized spacial score (nSPS) is 19.1. The molecule has 3 rings (SSSR count). The van der Waals surface area contributed by atoms with Crippen molar-refractivity contribution in [3.8, 4) is 0 Å². The highest BCUT2D eigenvalue weighted by molar-refractivity contribution is 6.03. The topological polar surface area (TPSA) is 93.7 Å². The van der Waals surface area contributed by atoms with Crippen molar-refractivity contribution in [3.05, 3.63) is 51.8 Å². The fraction of sp³-hybridized carbons (Fsp3) is 0.333. The van der Waals surface area contributed by atoms with E-state index in [0.29, 0.717) is 4.68 Å². The van der Waals surface area contributed by atoms with E-state index in [1.807, 2.05) is 0 Å². The number of carbonyl (C=O) groups is 2. The van der Waals surface area contributed by atoms with Gasteiger partial charge >= 0.3 is 12.1 Å². The monoisotopic (exact) mass is 395 g/mol. The quantitative estimate of drug-likeness (QED) is 0.864. The Labute approximate surface area is 156 Å². The summed E-state index contributed by atoms with van der Waals surface area (Å²) in [5, 5.41) is 9.71. The lowest BCUT2D eigenvalue weighted by molar-refractivity contribution is -0.142. The molecule has 10 heteroatoms. The lowest BCUT2D eigenvalue weighted by Crippen LogP contribution is -2.41. The number of hydrogen-bond acceptors (Lipinski definition) is 4. The number of fused-ring (bicyclic) bond motifs is 1. The lowest BCUT2D eigenvalue weighted by atomic mass is 9.86. The van der Waals surface area contributed by atoms with Gasteiger partial charge in [-0.1, -0.05) is 25.1 Å². The summed E-state index contributed by atoms with van der Waals surface area (Å²) >= 11 is 0. The number of carboxylic acids is 1. The van der Waals surface area contributed by atoms with Crippen molar-refractivity contribution in [2.45, 2.75) is 32.5 Å². The summed E-state index contributed by atoms with van der Waals surface area (Å²) in [7, 11) is 0. The van der Waals surface area contributed by atoms with E-state index in [9.17, 15) is 32.7 Å². The molecular weight excluding hydrogens is 379 g/mol. The summed E-state index contributed by atoms with van der Waals surface area (Å²) in [4.78, 5) is 40.6. The van der Waals surface area contributed by atoms with Gasteiger partial charge in [-0.2, -0.15) is 17.9 Å². The molecule has 0 radical (unpaired) electrons. The number of aliphatic carboxylic acids is 1. The zero-order valence-corrected chi connectivity index (χ0v) is 14.9. The molecule has 1 aromatic carbocycles. The lowest BCUT2D eigenvalue weighted by Gasteiger charge is -2.33. The van der Waals surface area contributed by atoms with Gasteiger partial charge in [0.25, 0.3) is 5.56 Å². The Morgan fingerprint density at radius 2 is 1.89 bits per heavy atom. The van der Waals surface area contributed by atoms with Crippen LogP contribution in [0.5, 0.6) is 0 Å². The largest absolute Gasteiger partial charge is 0.481 e. The molecule has 2 unspecified atom stereocenters. The SMILES string of the molecule is CCC(=O)n1c(=O)cc2n1C(c1ccccc1C(F)(F)F)C(C(=O)O)C(C)=N2. The van der Waals surface area contributed by atoms with Crippen molar-refractivity contribution < 1.29 is 27.9 Å². The average molecular weight is 395 g/mol. The summed E-state index contributed by atoms with van der Waals surface area (Å²) in [6.45, 7) is 2.86. The Hall–Kier alpha value is -3.17. The van der Waals surface area contributed by atoms with Gasteiger partial charge in [0.2, 0.25) is 5.91 Å². The third kappa shape index (κ3) is 3.04. The van der Waals surface area contributed by atoms with Gasteiger partial charge in [-0.15, -0.1) is 0 Å². The number of carboxylic acid groups (broad SMARTS) is 1. The second-order valence-electron chi connectivity index (χ2n) is 6.34. The number of halogens is 3. The van der Waals surface area contributed by atoms with E-state index in [2.05, 4.69) is 4.99 Å². The number of benzene rings is 1. The van der Waals surface area contributed by atoms with Crippen molar-refractivity contribution in [3.63, 3.8) is 0 Å². The van der Waals surface area contributed by atoms with Gasteiger partial charge in [-0.05, 0) is 18.6 Å². The molecule has 2 atom stereocenters.